The van der Waals surface area contributed by atoms with Crippen LogP contribution in [0.2, 0.25) is 0 Å². The lowest BCUT2D eigenvalue weighted by Gasteiger charge is -1.66. The molecule has 0 fully saturated rings. The summed E-state index contributed by atoms with van der Waals surface area (Å²) < 4.78 is 9.44. The summed E-state index contributed by atoms with van der Waals surface area (Å²) >= 11 is 0. The molecule has 2 nitrogen and oxygen atoms in total. The molecule has 0 aliphatic rings. The van der Waals surface area contributed by atoms with E-state index >= 15 is 0 Å². The average molecular weight is 92.0 g/mol. The normalized spacial score (nSPS) is 13.8. The first-order valence-electron chi connectivity index (χ1n) is 1.12. The van der Waals surface area contributed by atoms with Gasteiger partial charge in [0.1, 0.15) is 0 Å². The van der Waals surface area contributed by atoms with E-state index in [4.69, 9.17) is 4.89 Å². The van der Waals surface area contributed by atoms with Gasteiger partial charge in [-0.15, -0.1) is 0 Å². The Bertz CT molecular complexity index is 58.7. The maximum atomic E-state index is 9.44. The fourth-order valence-corrected chi connectivity index (χ4v) is 0. The van der Waals surface area contributed by atoms with Gasteiger partial charge in [-0.05, 0) is 5.82 Å². The van der Waals surface area contributed by atoms with Crippen molar-refractivity contribution in [2.45, 2.75) is 0 Å². The van der Waals surface area contributed by atoms with Crippen LogP contribution >= 0.6 is 8.03 Å². The van der Waals surface area contributed by atoms with Gasteiger partial charge in [0.15, 0.2) is 0 Å². The van der Waals surface area contributed by atoms with Crippen molar-refractivity contribution in [2.75, 3.05) is 0 Å². The third-order valence-electron chi connectivity index (χ3n) is 0.175. The zero-order chi connectivity index (χ0) is 4.28. The van der Waals surface area contributed by atoms with Crippen LogP contribution in [0.15, 0.2) is 12.4 Å². The lowest BCUT2D eigenvalue weighted by Crippen LogP contribution is -1.35. The van der Waals surface area contributed by atoms with Crippen LogP contribution in [0.1, 0.15) is 0 Å². The van der Waals surface area contributed by atoms with Gasteiger partial charge in [0, 0.05) is 0 Å². The summed E-state index contributed by atoms with van der Waals surface area (Å²) in [5.41, 5.74) is 0. The predicted octanol–water partition coefficient (Wildman–Crippen LogP) is 0.597. The van der Waals surface area contributed by atoms with Crippen molar-refractivity contribution in [2.24, 2.45) is 0 Å². The zero-order valence-electron chi connectivity index (χ0n) is 2.64. The molecule has 0 bridgehead atoms. The van der Waals surface area contributed by atoms with Gasteiger partial charge in [0.2, 0.25) is 8.03 Å². The van der Waals surface area contributed by atoms with Crippen LogP contribution in [0.25, 0.3) is 0 Å². The van der Waals surface area contributed by atoms with Crippen LogP contribution in [-0.2, 0) is 4.57 Å². The Kier molecular flexibility index (Phi) is 2.15. The summed E-state index contributed by atoms with van der Waals surface area (Å²) in [6, 6.07) is 0. The minimum atomic E-state index is -2.36. The standard InChI is InChI=1S/C2H5O2P/c1-2-5(3)4/h2,5H,1H2,(H,3,4). The van der Waals surface area contributed by atoms with Crippen molar-refractivity contribution in [3.63, 3.8) is 0 Å². The fourth-order valence-electron chi connectivity index (χ4n) is 0. The van der Waals surface area contributed by atoms with Crippen LogP contribution in [0.4, 0.5) is 0 Å². The van der Waals surface area contributed by atoms with Gasteiger partial charge in [-0.2, -0.15) is 0 Å². The summed E-state index contributed by atoms with van der Waals surface area (Å²) in [6.07, 6.45) is 0. The van der Waals surface area contributed by atoms with Crippen molar-refractivity contribution >= 4 is 8.03 Å². The molecule has 0 aromatic heterocycles. The van der Waals surface area contributed by atoms with Crippen LogP contribution in [-0.4, -0.2) is 4.89 Å². The molecular weight excluding hydrogens is 87.0 g/mol. The van der Waals surface area contributed by atoms with Crippen LogP contribution < -0.4 is 0 Å². The average Bonchev–Trinajstić information content (AvgIpc) is 1.38. The SMILES string of the molecule is C=C[PH](=O)O. The van der Waals surface area contributed by atoms with E-state index in [1.165, 1.54) is 0 Å². The van der Waals surface area contributed by atoms with Crippen molar-refractivity contribution in [3.05, 3.63) is 12.4 Å². The van der Waals surface area contributed by atoms with E-state index in [1.807, 2.05) is 0 Å². The first-order valence-corrected chi connectivity index (χ1v) is 2.56. The molecule has 5 heavy (non-hydrogen) atoms. The number of hydrogen-bond acceptors (Lipinski definition) is 1. The second-order valence-electron chi connectivity index (χ2n) is 0.542. The van der Waals surface area contributed by atoms with E-state index in [2.05, 4.69) is 6.58 Å². The highest BCUT2D eigenvalue weighted by Crippen LogP contribution is 2.10. The molecule has 1 N–H and O–H groups in total. The number of hydrogen-bond donors (Lipinski definition) is 1. The van der Waals surface area contributed by atoms with Gasteiger partial charge >= 0.3 is 0 Å². The molecule has 0 saturated heterocycles. The van der Waals surface area contributed by atoms with Gasteiger partial charge < -0.3 is 4.89 Å². The van der Waals surface area contributed by atoms with Crippen LogP contribution in [0.5, 0.6) is 0 Å². The molecule has 0 radical (unpaired) electrons. The molecule has 0 saturated carbocycles. The van der Waals surface area contributed by atoms with Gasteiger partial charge in [-0.1, -0.05) is 6.58 Å². The van der Waals surface area contributed by atoms with Crippen molar-refractivity contribution in [1.82, 2.24) is 0 Å². The number of rotatable bonds is 1. The largest absolute Gasteiger partial charge is 0.344 e. The quantitative estimate of drug-likeness (QED) is 0.481. The van der Waals surface area contributed by atoms with Gasteiger partial charge in [0.05, 0.1) is 0 Å². The Morgan fingerprint density at radius 3 is 2.20 bits per heavy atom. The van der Waals surface area contributed by atoms with E-state index in [0.29, 0.717) is 0 Å². The van der Waals surface area contributed by atoms with E-state index < -0.39 is 8.03 Å². The van der Waals surface area contributed by atoms with E-state index in [1.54, 1.807) is 0 Å². The summed E-state index contributed by atoms with van der Waals surface area (Å²) in [5, 5.41) is 0. The third-order valence-corrected chi connectivity index (χ3v) is 0.524. The lowest BCUT2D eigenvalue weighted by atomic mass is 11.3. The van der Waals surface area contributed by atoms with Crippen molar-refractivity contribution in [3.8, 4) is 0 Å². The second-order valence-corrected chi connectivity index (χ2v) is 1.63. The highest BCUT2D eigenvalue weighted by molar-refractivity contribution is 7.41. The van der Waals surface area contributed by atoms with Gasteiger partial charge in [0.25, 0.3) is 0 Å². The topological polar surface area (TPSA) is 37.3 Å². The predicted molar refractivity (Wildman–Crippen MR) is 21.4 cm³/mol. The Hall–Kier alpha value is -0.0700. The monoisotopic (exact) mass is 92.0 g/mol. The van der Waals surface area contributed by atoms with Gasteiger partial charge in [-0.25, -0.2) is 0 Å². The Morgan fingerprint density at radius 2 is 2.20 bits per heavy atom. The molecule has 0 spiro atoms. The highest BCUT2D eigenvalue weighted by Gasteiger charge is 1.68. The summed E-state index contributed by atoms with van der Waals surface area (Å²) in [5.74, 6) is 1.02. The van der Waals surface area contributed by atoms with Crippen LogP contribution in [0, 0.1) is 0 Å². The lowest BCUT2D eigenvalue weighted by molar-refractivity contribution is 0.512. The van der Waals surface area contributed by atoms with Crippen molar-refractivity contribution < 1.29 is 9.46 Å². The molecular formula is C2H5O2P. The summed E-state index contributed by atoms with van der Waals surface area (Å²) in [6.45, 7) is 3.04. The van der Waals surface area contributed by atoms with Crippen LogP contribution in [0.3, 0.4) is 0 Å². The molecule has 0 rings (SSSR count). The Balaban J connectivity index is 3.20. The summed E-state index contributed by atoms with van der Waals surface area (Å²) in [7, 11) is -2.36. The molecule has 1 unspecified atom stereocenters. The molecule has 1 atom stereocenters. The molecule has 0 aliphatic heterocycles. The molecule has 0 aromatic rings. The van der Waals surface area contributed by atoms with E-state index in [-0.39, 0.29) is 0 Å². The van der Waals surface area contributed by atoms with Crippen molar-refractivity contribution in [1.29, 1.82) is 0 Å². The maximum absolute atomic E-state index is 9.44. The molecule has 0 heterocycles. The first kappa shape index (κ1) is 4.93. The fraction of sp³-hybridized carbons (Fsp3) is 0. The Labute approximate surface area is 31.0 Å². The molecule has 0 aliphatic carbocycles. The third kappa shape index (κ3) is 3.93. The summed E-state index contributed by atoms with van der Waals surface area (Å²) in [4.78, 5) is 7.79. The second kappa shape index (κ2) is 2.18. The molecule has 0 aromatic carbocycles. The molecule has 30 valence electrons. The van der Waals surface area contributed by atoms with E-state index in [0.717, 1.165) is 5.82 Å². The zero-order valence-corrected chi connectivity index (χ0v) is 3.64. The smallest absolute Gasteiger partial charge is 0.210 e. The minimum Gasteiger partial charge on any atom is -0.344 e. The van der Waals surface area contributed by atoms with E-state index in [9.17, 15) is 4.57 Å². The molecule has 0 amide bonds. The Morgan fingerprint density at radius 1 is 2.00 bits per heavy atom. The molecule has 3 heteroatoms. The van der Waals surface area contributed by atoms with Gasteiger partial charge in [-0.3, -0.25) is 4.57 Å². The minimum absolute atomic E-state index is 1.02. The first-order chi connectivity index (χ1) is 2.27. The highest BCUT2D eigenvalue weighted by atomic mass is 31.1. The maximum Gasteiger partial charge on any atom is 0.210 e.